The molecule has 1 saturated heterocycles. The van der Waals surface area contributed by atoms with Gasteiger partial charge in [0, 0.05) is 12.8 Å². The lowest BCUT2D eigenvalue weighted by Crippen LogP contribution is -2.79. The van der Waals surface area contributed by atoms with Crippen LogP contribution in [0.15, 0.2) is 0 Å². The van der Waals surface area contributed by atoms with Crippen LogP contribution < -0.4 is 11.5 Å². The third-order valence-corrected chi connectivity index (χ3v) is 3.65. The largest absolute Gasteiger partial charge is 0.365 e. The predicted molar refractivity (Wildman–Crippen MR) is 72.3 cm³/mol. The maximum absolute atomic E-state index is 11.9. The molecule has 6 N–H and O–H groups in total. The van der Waals surface area contributed by atoms with Gasteiger partial charge >= 0.3 is 0 Å². The number of amides is 4. The minimum absolute atomic E-state index is 0.119. The summed E-state index contributed by atoms with van der Waals surface area (Å²) in [6, 6.07) is 0. The van der Waals surface area contributed by atoms with Crippen LogP contribution in [0.1, 0.15) is 26.7 Å². The van der Waals surface area contributed by atoms with Crippen molar-refractivity contribution in [3.05, 3.63) is 0 Å². The van der Waals surface area contributed by atoms with Crippen LogP contribution in [-0.2, 0) is 19.2 Å². The van der Waals surface area contributed by atoms with Gasteiger partial charge in [0.25, 0.3) is 11.8 Å². The smallest absolute Gasteiger partial charge is 0.272 e. The molecule has 22 heavy (non-hydrogen) atoms. The Hall–Kier alpha value is -2.20. The second kappa shape index (κ2) is 5.89. The summed E-state index contributed by atoms with van der Waals surface area (Å²) in [5.41, 5.74) is 5.21. The number of piperazine rings is 1. The third-order valence-electron chi connectivity index (χ3n) is 3.65. The lowest BCUT2D eigenvalue weighted by molar-refractivity contribution is -0.232. The highest BCUT2D eigenvalue weighted by Crippen LogP contribution is 2.29. The minimum Gasteiger partial charge on any atom is -0.365 e. The van der Waals surface area contributed by atoms with Crippen molar-refractivity contribution < 1.29 is 29.4 Å². The fraction of sp³-hybridized carbons (Fsp3) is 0.667. The quantitative estimate of drug-likeness (QED) is 0.426. The molecule has 10 nitrogen and oxygen atoms in total. The SMILES string of the molecule is CCC(=O)N1C[C@](O)(C(N)=O)N(C(=O)CC)C[C@@]1(O)C(N)=O. The molecular weight excluding hydrogens is 296 g/mol. The summed E-state index contributed by atoms with van der Waals surface area (Å²) >= 11 is 0. The van der Waals surface area contributed by atoms with Crippen LogP contribution in [0, 0.1) is 0 Å². The zero-order valence-electron chi connectivity index (χ0n) is 12.4. The summed E-state index contributed by atoms with van der Waals surface area (Å²) in [4.78, 5) is 48.2. The second-order valence-corrected chi connectivity index (χ2v) is 5.03. The Kier molecular flexibility index (Phi) is 4.78. The Labute approximate surface area is 126 Å². The number of rotatable bonds is 4. The number of carbonyl (C=O) groups excluding carboxylic acids is 4. The highest BCUT2D eigenvalue weighted by molar-refractivity contribution is 5.94. The first-order valence-corrected chi connectivity index (χ1v) is 6.70. The zero-order valence-corrected chi connectivity index (χ0v) is 12.4. The number of nitrogens with zero attached hydrogens (tertiary/aromatic N) is 2. The van der Waals surface area contributed by atoms with Gasteiger partial charge in [-0.15, -0.1) is 0 Å². The number of hydrogen-bond donors (Lipinski definition) is 4. The van der Waals surface area contributed by atoms with Crippen molar-refractivity contribution in [2.75, 3.05) is 13.1 Å². The number of nitrogens with two attached hydrogens (primary N) is 2. The van der Waals surface area contributed by atoms with Crippen molar-refractivity contribution in [1.29, 1.82) is 0 Å². The van der Waals surface area contributed by atoms with Crippen molar-refractivity contribution in [3.63, 3.8) is 0 Å². The number of primary amides is 2. The summed E-state index contributed by atoms with van der Waals surface area (Å²) in [7, 11) is 0. The molecule has 1 rings (SSSR count). The van der Waals surface area contributed by atoms with Crippen LogP contribution in [0.4, 0.5) is 0 Å². The molecular formula is C12H20N4O6. The van der Waals surface area contributed by atoms with E-state index < -0.39 is 48.2 Å². The summed E-state index contributed by atoms with van der Waals surface area (Å²) in [6.07, 6.45) is -0.238. The van der Waals surface area contributed by atoms with E-state index in [0.29, 0.717) is 9.80 Å². The maximum atomic E-state index is 11.9. The average Bonchev–Trinajstić information content (AvgIpc) is 2.47. The molecule has 1 fully saturated rings. The van der Waals surface area contributed by atoms with Gasteiger partial charge in [-0.2, -0.15) is 0 Å². The van der Waals surface area contributed by atoms with Crippen LogP contribution in [0.3, 0.4) is 0 Å². The van der Waals surface area contributed by atoms with Gasteiger partial charge < -0.3 is 21.7 Å². The van der Waals surface area contributed by atoms with Crippen molar-refractivity contribution in [2.24, 2.45) is 11.5 Å². The van der Waals surface area contributed by atoms with Crippen LogP contribution in [0.2, 0.25) is 0 Å². The zero-order chi connectivity index (χ0) is 17.3. The first kappa shape index (κ1) is 17.9. The van der Waals surface area contributed by atoms with E-state index in [0.717, 1.165) is 0 Å². The first-order chi connectivity index (χ1) is 10.0. The Morgan fingerprint density at radius 2 is 1.14 bits per heavy atom. The number of β-amino-alcohol motifs (C(OH)–C–C–N with tert-alkyl or cyclic N) is 2. The molecule has 1 aliphatic heterocycles. The van der Waals surface area contributed by atoms with Crippen LogP contribution in [-0.4, -0.2) is 68.2 Å². The molecule has 0 aromatic rings. The molecule has 4 amide bonds. The standard InChI is InChI=1S/C12H20N4O6/c1-3-7(17)15-5-12(22,10(14)20)16(8(18)4-2)6-11(15,21)9(13)19/h21-22H,3-6H2,1-2H3,(H2,13,19)(H2,14,20)/t11-,12+. The van der Waals surface area contributed by atoms with E-state index in [1.165, 1.54) is 13.8 Å². The maximum Gasteiger partial charge on any atom is 0.272 e. The Morgan fingerprint density at radius 3 is 1.32 bits per heavy atom. The molecule has 1 heterocycles. The molecule has 0 aliphatic carbocycles. The molecule has 2 atom stereocenters. The molecule has 10 heteroatoms. The summed E-state index contributed by atoms with van der Waals surface area (Å²) in [5.74, 6) is -4.03. The van der Waals surface area contributed by atoms with Crippen molar-refractivity contribution in [3.8, 4) is 0 Å². The lowest BCUT2D eigenvalue weighted by Gasteiger charge is -2.51. The van der Waals surface area contributed by atoms with E-state index in [4.69, 9.17) is 11.5 Å². The summed E-state index contributed by atoms with van der Waals surface area (Å²) in [5, 5.41) is 20.8. The van der Waals surface area contributed by atoms with Gasteiger partial charge in [0.2, 0.25) is 23.3 Å². The molecule has 0 bridgehead atoms. The van der Waals surface area contributed by atoms with Crippen LogP contribution in [0.5, 0.6) is 0 Å². The normalized spacial score (nSPS) is 28.4. The van der Waals surface area contributed by atoms with Gasteiger partial charge in [-0.25, -0.2) is 0 Å². The molecule has 124 valence electrons. The highest BCUT2D eigenvalue weighted by Gasteiger charge is 2.59. The summed E-state index contributed by atoms with van der Waals surface area (Å²) in [6.45, 7) is 1.22. The monoisotopic (exact) mass is 316 g/mol. The van der Waals surface area contributed by atoms with Gasteiger partial charge in [-0.3, -0.25) is 29.0 Å². The van der Waals surface area contributed by atoms with Crippen LogP contribution in [0.25, 0.3) is 0 Å². The van der Waals surface area contributed by atoms with Crippen LogP contribution >= 0.6 is 0 Å². The number of aliphatic hydroxyl groups is 2. The second-order valence-electron chi connectivity index (χ2n) is 5.03. The first-order valence-electron chi connectivity index (χ1n) is 6.70. The molecule has 0 saturated carbocycles. The van der Waals surface area contributed by atoms with Crippen molar-refractivity contribution in [1.82, 2.24) is 9.80 Å². The molecule has 0 spiro atoms. The topological polar surface area (TPSA) is 167 Å². The van der Waals surface area contributed by atoms with E-state index >= 15 is 0 Å². The Bertz CT molecular complexity index is 478. The Balaban J connectivity index is 3.41. The molecule has 1 aliphatic rings. The average molecular weight is 316 g/mol. The van der Waals surface area contributed by atoms with Gasteiger partial charge in [0.1, 0.15) is 0 Å². The Morgan fingerprint density at radius 1 is 0.864 bits per heavy atom. The molecule has 0 unspecified atom stereocenters. The lowest BCUT2D eigenvalue weighted by atomic mass is 9.97. The van der Waals surface area contributed by atoms with Gasteiger partial charge in [0.05, 0.1) is 13.1 Å². The third kappa shape index (κ3) is 2.62. The molecule has 0 aromatic carbocycles. The fourth-order valence-electron chi connectivity index (χ4n) is 2.27. The van der Waals surface area contributed by atoms with E-state index in [9.17, 15) is 29.4 Å². The van der Waals surface area contributed by atoms with E-state index in [1.807, 2.05) is 0 Å². The van der Waals surface area contributed by atoms with Crippen molar-refractivity contribution in [2.45, 2.75) is 38.1 Å². The van der Waals surface area contributed by atoms with Crippen molar-refractivity contribution >= 4 is 23.6 Å². The van der Waals surface area contributed by atoms with E-state index in [-0.39, 0.29) is 12.8 Å². The van der Waals surface area contributed by atoms with Gasteiger partial charge in [-0.05, 0) is 0 Å². The predicted octanol–water partition coefficient (Wildman–Crippen LogP) is -3.17. The highest BCUT2D eigenvalue weighted by atomic mass is 16.4. The van der Waals surface area contributed by atoms with Gasteiger partial charge in [-0.1, -0.05) is 13.8 Å². The number of carbonyl (C=O) groups is 4. The molecule has 0 radical (unpaired) electrons. The number of hydrogen-bond acceptors (Lipinski definition) is 6. The van der Waals surface area contributed by atoms with E-state index in [1.54, 1.807) is 0 Å². The van der Waals surface area contributed by atoms with E-state index in [2.05, 4.69) is 0 Å². The fourth-order valence-corrected chi connectivity index (χ4v) is 2.27. The van der Waals surface area contributed by atoms with Gasteiger partial charge in [0.15, 0.2) is 0 Å². The molecule has 0 aromatic heterocycles. The summed E-state index contributed by atoms with van der Waals surface area (Å²) < 4.78 is 0. The minimum atomic E-state index is -2.53.